The minimum atomic E-state index is -1.87. The van der Waals surface area contributed by atoms with Crippen molar-refractivity contribution in [3.63, 3.8) is 0 Å². The standard InChI is InChI=1S/C26H28O15/c27-6-15-19(33)22(36)25(41-26-23(37)20(34)16(7-28)40-26)24(39-15)18-12(32)5-14-17(21(18)35)11(31)4-13(38-14)8-1-2-9(29)10(30)3-8/h1-5,15-16,19-20,22-30,32-37H,6-7H2/t15?,16-,19+,20?,22-,23?,24-,25?,26+/m0/s1. The van der Waals surface area contributed by atoms with Crippen molar-refractivity contribution in [3.8, 4) is 34.3 Å². The van der Waals surface area contributed by atoms with Crippen molar-refractivity contribution < 1.29 is 69.7 Å². The Labute approximate surface area is 229 Å². The van der Waals surface area contributed by atoms with E-state index in [0.717, 1.165) is 24.3 Å². The number of phenolic OH excluding ortho intramolecular Hbond substituents is 4. The number of aliphatic hydroxyl groups excluding tert-OH is 6. The lowest BCUT2D eigenvalue weighted by Gasteiger charge is -2.43. The lowest BCUT2D eigenvalue weighted by atomic mass is 9.89. The van der Waals surface area contributed by atoms with Gasteiger partial charge in [0, 0.05) is 17.7 Å². The molecule has 2 aliphatic heterocycles. The topological polar surface area (TPSA) is 260 Å². The van der Waals surface area contributed by atoms with Crippen molar-refractivity contribution in [3.05, 3.63) is 46.1 Å². The molecule has 0 bridgehead atoms. The van der Waals surface area contributed by atoms with Crippen molar-refractivity contribution in [2.75, 3.05) is 13.2 Å². The molecule has 3 aromatic rings. The van der Waals surface area contributed by atoms with Crippen LogP contribution in [0, 0.1) is 0 Å². The second-order valence-corrected chi connectivity index (χ2v) is 9.78. The molecular formula is C26H28O15. The first-order chi connectivity index (χ1) is 19.5. The first-order valence-electron chi connectivity index (χ1n) is 12.4. The normalized spacial score (nSPS) is 32.0. The average molecular weight is 580 g/mol. The number of aliphatic hydroxyl groups is 6. The number of hydrogen-bond donors (Lipinski definition) is 10. The van der Waals surface area contributed by atoms with E-state index < -0.39 is 108 Å². The number of rotatable bonds is 6. The summed E-state index contributed by atoms with van der Waals surface area (Å²) >= 11 is 0. The van der Waals surface area contributed by atoms with E-state index in [-0.39, 0.29) is 16.9 Å². The summed E-state index contributed by atoms with van der Waals surface area (Å²) in [5, 5.41) is 102. The quantitative estimate of drug-likeness (QED) is 0.145. The molecule has 0 amide bonds. The first-order valence-corrected chi connectivity index (χ1v) is 12.4. The van der Waals surface area contributed by atoms with Crippen molar-refractivity contribution in [2.45, 2.75) is 55.1 Å². The Bertz CT molecular complexity index is 1490. The maximum atomic E-state index is 13.1. The number of aromatic hydroxyl groups is 4. The zero-order valence-electron chi connectivity index (χ0n) is 21.0. The fraction of sp³-hybridized carbons (Fsp3) is 0.423. The Morgan fingerprint density at radius 2 is 1.41 bits per heavy atom. The summed E-state index contributed by atoms with van der Waals surface area (Å²) < 4.78 is 22.3. The summed E-state index contributed by atoms with van der Waals surface area (Å²) in [7, 11) is 0. The second kappa shape index (κ2) is 11.1. The average Bonchev–Trinajstić information content (AvgIpc) is 3.21. The van der Waals surface area contributed by atoms with Crippen molar-refractivity contribution in [1.82, 2.24) is 0 Å². The third-order valence-electron chi connectivity index (χ3n) is 7.21. The molecule has 2 fully saturated rings. The Morgan fingerprint density at radius 1 is 0.756 bits per heavy atom. The molecule has 0 spiro atoms. The fourth-order valence-electron chi connectivity index (χ4n) is 5.01. The summed E-state index contributed by atoms with van der Waals surface area (Å²) in [5.41, 5.74) is -1.41. The molecule has 41 heavy (non-hydrogen) atoms. The molecule has 15 heteroatoms. The summed E-state index contributed by atoms with van der Waals surface area (Å²) in [6, 6.07) is 5.60. The molecule has 4 unspecified atom stereocenters. The Hall–Kier alpha value is -3.51. The van der Waals surface area contributed by atoms with Gasteiger partial charge in [-0.1, -0.05) is 0 Å². The van der Waals surface area contributed by atoms with Crippen LogP contribution in [0.25, 0.3) is 22.3 Å². The van der Waals surface area contributed by atoms with Crippen molar-refractivity contribution >= 4 is 11.0 Å². The minimum absolute atomic E-state index is 0.0808. The molecule has 0 saturated carbocycles. The van der Waals surface area contributed by atoms with Gasteiger partial charge < -0.3 is 69.7 Å². The van der Waals surface area contributed by atoms with Gasteiger partial charge in [-0.2, -0.15) is 0 Å². The van der Waals surface area contributed by atoms with E-state index in [1.807, 2.05) is 0 Å². The Morgan fingerprint density at radius 3 is 2.05 bits per heavy atom. The predicted octanol–water partition coefficient (Wildman–Crippen LogP) is -1.74. The number of hydrogen-bond acceptors (Lipinski definition) is 15. The molecule has 3 heterocycles. The minimum Gasteiger partial charge on any atom is -0.507 e. The molecule has 0 aliphatic carbocycles. The van der Waals surface area contributed by atoms with Gasteiger partial charge in [0.25, 0.3) is 0 Å². The van der Waals surface area contributed by atoms with Crippen LogP contribution in [0.2, 0.25) is 0 Å². The van der Waals surface area contributed by atoms with E-state index >= 15 is 0 Å². The van der Waals surface area contributed by atoms with Gasteiger partial charge in [-0.05, 0) is 18.2 Å². The molecule has 222 valence electrons. The van der Waals surface area contributed by atoms with Gasteiger partial charge >= 0.3 is 0 Å². The lowest BCUT2D eigenvalue weighted by molar-refractivity contribution is -0.289. The monoisotopic (exact) mass is 580 g/mol. The Balaban J connectivity index is 1.59. The molecule has 15 nitrogen and oxygen atoms in total. The van der Waals surface area contributed by atoms with Gasteiger partial charge in [0.05, 0.1) is 18.8 Å². The van der Waals surface area contributed by atoms with E-state index in [0.29, 0.717) is 0 Å². The van der Waals surface area contributed by atoms with E-state index in [1.165, 1.54) is 6.07 Å². The van der Waals surface area contributed by atoms with Gasteiger partial charge in [-0.15, -0.1) is 0 Å². The smallest absolute Gasteiger partial charge is 0.197 e. The largest absolute Gasteiger partial charge is 0.507 e. The number of phenols is 4. The highest BCUT2D eigenvalue weighted by Gasteiger charge is 2.52. The molecule has 0 radical (unpaired) electrons. The number of ether oxygens (including phenoxy) is 3. The predicted molar refractivity (Wildman–Crippen MR) is 134 cm³/mol. The van der Waals surface area contributed by atoms with Crippen LogP contribution >= 0.6 is 0 Å². The van der Waals surface area contributed by atoms with Gasteiger partial charge in [0.15, 0.2) is 23.2 Å². The molecule has 1 aromatic heterocycles. The second-order valence-electron chi connectivity index (χ2n) is 9.78. The molecule has 5 rings (SSSR count). The van der Waals surface area contributed by atoms with Crippen molar-refractivity contribution in [2.24, 2.45) is 0 Å². The van der Waals surface area contributed by atoms with Gasteiger partial charge in [0.1, 0.15) is 77.1 Å². The van der Waals surface area contributed by atoms with Crippen molar-refractivity contribution in [1.29, 1.82) is 0 Å². The highest BCUT2D eigenvalue weighted by Crippen LogP contribution is 2.46. The van der Waals surface area contributed by atoms with Crippen LogP contribution in [0.1, 0.15) is 11.7 Å². The van der Waals surface area contributed by atoms with Crippen LogP contribution < -0.4 is 5.43 Å². The SMILES string of the molecule is O=c1cc(-c2ccc(O)c(O)c2)oc2cc(O)c([C@@H]3OC(CO)[C@@H](O)[C@H](O)C3O[C@H]3O[C@@H](CO)C(O)C3O)c(O)c12. The zero-order valence-corrected chi connectivity index (χ0v) is 21.0. The zero-order chi connectivity index (χ0) is 29.7. The molecule has 9 atom stereocenters. The highest BCUT2D eigenvalue weighted by molar-refractivity contribution is 5.88. The van der Waals surface area contributed by atoms with Crippen LogP contribution in [0.15, 0.2) is 39.5 Å². The fourth-order valence-corrected chi connectivity index (χ4v) is 5.01. The molecule has 2 saturated heterocycles. The van der Waals surface area contributed by atoms with E-state index in [2.05, 4.69) is 0 Å². The molecule has 10 N–H and O–H groups in total. The summed E-state index contributed by atoms with van der Waals surface area (Å²) in [5.74, 6) is -2.55. The third-order valence-corrected chi connectivity index (χ3v) is 7.21. The number of benzene rings is 2. The maximum Gasteiger partial charge on any atom is 0.197 e. The summed E-state index contributed by atoms with van der Waals surface area (Å²) in [4.78, 5) is 13.1. The summed E-state index contributed by atoms with van der Waals surface area (Å²) in [6.45, 7) is -1.50. The maximum absolute atomic E-state index is 13.1. The molecular weight excluding hydrogens is 552 g/mol. The highest BCUT2D eigenvalue weighted by atomic mass is 16.7. The molecule has 2 aromatic carbocycles. The Kier molecular flexibility index (Phi) is 7.82. The van der Waals surface area contributed by atoms with Crippen LogP contribution in [0.5, 0.6) is 23.0 Å². The van der Waals surface area contributed by atoms with Gasteiger partial charge in [-0.25, -0.2) is 0 Å². The van der Waals surface area contributed by atoms with E-state index in [4.69, 9.17) is 18.6 Å². The number of fused-ring (bicyclic) bond motifs is 1. The van der Waals surface area contributed by atoms with Gasteiger partial charge in [0.2, 0.25) is 0 Å². The van der Waals surface area contributed by atoms with Crippen LogP contribution in [0.4, 0.5) is 0 Å². The van der Waals surface area contributed by atoms with Gasteiger partial charge in [-0.3, -0.25) is 4.79 Å². The summed E-state index contributed by atoms with van der Waals surface area (Å²) in [6.07, 6.45) is -14.7. The van der Waals surface area contributed by atoms with Crippen LogP contribution in [0.3, 0.4) is 0 Å². The van der Waals surface area contributed by atoms with Crippen LogP contribution in [-0.4, -0.2) is 113 Å². The lowest BCUT2D eigenvalue weighted by Crippen LogP contribution is -2.57. The first kappa shape index (κ1) is 29.0. The van der Waals surface area contributed by atoms with Crippen LogP contribution in [-0.2, 0) is 14.2 Å². The van der Waals surface area contributed by atoms with E-state index in [9.17, 15) is 55.9 Å². The molecule has 2 aliphatic rings. The van der Waals surface area contributed by atoms with E-state index in [1.54, 1.807) is 0 Å². The third kappa shape index (κ3) is 4.97.